The fourth-order valence-corrected chi connectivity index (χ4v) is 3.61. The lowest BCUT2D eigenvalue weighted by Gasteiger charge is -2.12. The van der Waals surface area contributed by atoms with Gasteiger partial charge in [0.05, 0.1) is 34.8 Å². The first kappa shape index (κ1) is 23.6. The lowest BCUT2D eigenvalue weighted by atomic mass is 10.1. The smallest absolute Gasteiger partial charge is 0.319 e. The molecule has 0 saturated heterocycles. The average molecular weight is 471 g/mol. The van der Waals surface area contributed by atoms with Crippen molar-refractivity contribution in [3.05, 3.63) is 78.1 Å². The second-order valence-corrected chi connectivity index (χ2v) is 7.88. The van der Waals surface area contributed by atoms with Crippen molar-refractivity contribution in [2.45, 2.75) is 19.8 Å². The van der Waals surface area contributed by atoms with Gasteiger partial charge >= 0.3 is 6.03 Å². The van der Waals surface area contributed by atoms with Gasteiger partial charge in [-0.2, -0.15) is 10.4 Å². The van der Waals surface area contributed by atoms with Gasteiger partial charge in [0, 0.05) is 24.4 Å². The van der Waals surface area contributed by atoms with Crippen molar-refractivity contribution >= 4 is 28.6 Å². The number of unbranched alkanes of at least 4 members (excludes halogenated alkanes) is 1. The summed E-state index contributed by atoms with van der Waals surface area (Å²) in [6.07, 6.45) is 4.52. The number of aromatic nitrogens is 2. The van der Waals surface area contributed by atoms with Crippen molar-refractivity contribution < 1.29 is 14.6 Å². The molecule has 0 atom stereocenters. The van der Waals surface area contributed by atoms with E-state index in [0.29, 0.717) is 47.6 Å². The van der Waals surface area contributed by atoms with E-state index in [1.165, 1.54) is 6.20 Å². The number of nitrogens with zero attached hydrogens (tertiary/aromatic N) is 3. The van der Waals surface area contributed by atoms with Crippen LogP contribution in [-0.2, 0) is 0 Å². The molecule has 2 aromatic heterocycles. The molecule has 4 aromatic rings. The number of aliphatic hydroxyl groups excluding tert-OH is 1. The van der Waals surface area contributed by atoms with Crippen LogP contribution < -0.4 is 20.7 Å². The largest absolute Gasteiger partial charge is 0.457 e. The standard InChI is InChI=1S/C26H26N6O3/c1-18-23(31-26(34)28-13-5-6-14-33)17-32-25(18)24(19(15-27)16-29-32)30-20-9-11-22(12-10-20)35-21-7-3-2-4-8-21/h2-4,7-12,16-17,30,33H,5-6,13-14H2,1H3,(H2,28,31,34). The van der Waals surface area contributed by atoms with Crippen molar-refractivity contribution in [2.24, 2.45) is 0 Å². The summed E-state index contributed by atoms with van der Waals surface area (Å²) in [5.74, 6) is 1.44. The molecule has 0 unspecified atom stereocenters. The number of carbonyl (C=O) groups excluding carboxylic acids is 1. The van der Waals surface area contributed by atoms with E-state index in [9.17, 15) is 10.1 Å². The van der Waals surface area contributed by atoms with Crippen LogP contribution in [0.1, 0.15) is 24.0 Å². The SMILES string of the molecule is Cc1c(NC(=O)NCCCCO)cn2ncc(C#N)c(Nc3ccc(Oc4ccccc4)cc3)c12. The third-order valence-corrected chi connectivity index (χ3v) is 5.40. The Balaban J connectivity index is 1.55. The molecule has 0 aliphatic heterocycles. The van der Waals surface area contributed by atoms with Gasteiger partial charge in [0.2, 0.25) is 0 Å². The highest BCUT2D eigenvalue weighted by Gasteiger charge is 2.17. The van der Waals surface area contributed by atoms with Crippen LogP contribution in [0.25, 0.3) is 5.52 Å². The maximum absolute atomic E-state index is 12.3. The number of para-hydroxylation sites is 1. The monoisotopic (exact) mass is 470 g/mol. The maximum Gasteiger partial charge on any atom is 0.319 e. The number of hydrogen-bond donors (Lipinski definition) is 4. The average Bonchev–Trinajstić information content (AvgIpc) is 3.19. The summed E-state index contributed by atoms with van der Waals surface area (Å²) in [7, 11) is 0. The fourth-order valence-electron chi connectivity index (χ4n) is 3.61. The summed E-state index contributed by atoms with van der Waals surface area (Å²) in [5.41, 5.74) is 3.78. The molecule has 0 aliphatic carbocycles. The van der Waals surface area contributed by atoms with Crippen molar-refractivity contribution in [3.8, 4) is 17.6 Å². The Labute approximate surface area is 203 Å². The van der Waals surface area contributed by atoms with Gasteiger partial charge in [-0.15, -0.1) is 0 Å². The molecule has 9 nitrogen and oxygen atoms in total. The molecular formula is C26H26N6O3. The van der Waals surface area contributed by atoms with Crippen molar-refractivity contribution in [1.82, 2.24) is 14.9 Å². The number of anilines is 3. The Bertz CT molecular complexity index is 1340. The first-order valence-corrected chi connectivity index (χ1v) is 11.3. The van der Waals surface area contributed by atoms with Crippen LogP contribution in [0.15, 0.2) is 67.0 Å². The number of hydrogen-bond acceptors (Lipinski definition) is 6. The first-order chi connectivity index (χ1) is 17.1. The normalized spacial score (nSPS) is 10.5. The quantitative estimate of drug-likeness (QED) is 0.257. The minimum Gasteiger partial charge on any atom is -0.457 e. The number of fused-ring (bicyclic) bond motifs is 1. The molecule has 2 aromatic carbocycles. The van der Waals surface area contributed by atoms with Crippen molar-refractivity contribution in [3.63, 3.8) is 0 Å². The zero-order chi connectivity index (χ0) is 24.6. The van der Waals surface area contributed by atoms with Gasteiger partial charge in [-0.3, -0.25) is 0 Å². The van der Waals surface area contributed by atoms with E-state index in [-0.39, 0.29) is 12.6 Å². The summed E-state index contributed by atoms with van der Waals surface area (Å²) >= 11 is 0. The Morgan fingerprint density at radius 3 is 2.57 bits per heavy atom. The number of nitriles is 1. The number of ether oxygens (including phenoxy) is 1. The molecule has 4 N–H and O–H groups in total. The van der Waals surface area contributed by atoms with Crippen LogP contribution in [0.4, 0.5) is 21.9 Å². The minimum absolute atomic E-state index is 0.0960. The molecule has 0 radical (unpaired) electrons. The third kappa shape index (κ3) is 5.69. The van der Waals surface area contributed by atoms with Crippen LogP contribution in [-0.4, -0.2) is 33.9 Å². The molecule has 0 aliphatic rings. The third-order valence-electron chi connectivity index (χ3n) is 5.40. The van der Waals surface area contributed by atoms with Crippen LogP contribution in [0.2, 0.25) is 0 Å². The first-order valence-electron chi connectivity index (χ1n) is 11.3. The maximum atomic E-state index is 12.3. The number of amides is 2. The summed E-state index contributed by atoms with van der Waals surface area (Å²) in [6, 6.07) is 18.8. The predicted molar refractivity (Wildman–Crippen MR) is 134 cm³/mol. The molecule has 0 bridgehead atoms. The van der Waals surface area contributed by atoms with Crippen LogP contribution in [0, 0.1) is 18.3 Å². The van der Waals surface area contributed by atoms with E-state index >= 15 is 0 Å². The van der Waals surface area contributed by atoms with Gasteiger partial charge < -0.3 is 25.8 Å². The number of carbonyl (C=O) groups is 1. The summed E-state index contributed by atoms with van der Waals surface area (Å²) < 4.78 is 7.48. The van der Waals surface area contributed by atoms with Crippen LogP contribution in [0.5, 0.6) is 11.5 Å². The van der Waals surface area contributed by atoms with Gasteiger partial charge in [0.15, 0.2) is 0 Å². The molecular weight excluding hydrogens is 444 g/mol. The fraction of sp³-hybridized carbons (Fsp3) is 0.192. The van der Waals surface area contributed by atoms with Gasteiger partial charge in [-0.1, -0.05) is 18.2 Å². The predicted octanol–water partition coefficient (Wildman–Crippen LogP) is 4.94. The summed E-state index contributed by atoms with van der Waals surface area (Å²) in [6.45, 7) is 2.42. The Morgan fingerprint density at radius 1 is 1.11 bits per heavy atom. The number of aryl methyl sites for hydroxylation is 1. The highest BCUT2D eigenvalue weighted by molar-refractivity contribution is 5.94. The number of nitrogens with one attached hydrogen (secondary N) is 3. The number of benzene rings is 2. The highest BCUT2D eigenvalue weighted by Crippen LogP contribution is 2.33. The van der Waals surface area contributed by atoms with E-state index in [0.717, 1.165) is 17.0 Å². The number of urea groups is 1. The number of aliphatic hydroxyl groups is 1. The van der Waals surface area contributed by atoms with Crippen LogP contribution >= 0.6 is 0 Å². The minimum atomic E-state index is -0.342. The molecule has 0 saturated carbocycles. The molecule has 0 fully saturated rings. The molecule has 35 heavy (non-hydrogen) atoms. The molecule has 2 amide bonds. The molecule has 0 spiro atoms. The lowest BCUT2D eigenvalue weighted by molar-refractivity contribution is 0.250. The topological polar surface area (TPSA) is 124 Å². The second kappa shape index (κ2) is 11.0. The Morgan fingerprint density at radius 2 is 1.86 bits per heavy atom. The van der Waals surface area contributed by atoms with E-state index in [1.807, 2.05) is 61.5 Å². The molecule has 178 valence electrons. The zero-order valence-corrected chi connectivity index (χ0v) is 19.3. The number of rotatable bonds is 9. The molecule has 2 heterocycles. The van der Waals surface area contributed by atoms with Crippen molar-refractivity contribution in [1.29, 1.82) is 5.26 Å². The van der Waals surface area contributed by atoms with Crippen molar-refractivity contribution in [2.75, 3.05) is 23.8 Å². The molecule has 4 rings (SSSR count). The van der Waals surface area contributed by atoms with Crippen LogP contribution in [0.3, 0.4) is 0 Å². The molecule has 9 heteroatoms. The second-order valence-electron chi connectivity index (χ2n) is 7.88. The van der Waals surface area contributed by atoms with E-state index < -0.39 is 0 Å². The van der Waals surface area contributed by atoms with E-state index in [2.05, 4.69) is 27.1 Å². The zero-order valence-electron chi connectivity index (χ0n) is 19.3. The highest BCUT2D eigenvalue weighted by atomic mass is 16.5. The van der Waals surface area contributed by atoms with E-state index in [4.69, 9.17) is 9.84 Å². The Kier molecular flexibility index (Phi) is 7.45. The van der Waals surface area contributed by atoms with E-state index in [1.54, 1.807) is 10.7 Å². The van der Waals surface area contributed by atoms with Gasteiger partial charge in [0.1, 0.15) is 17.6 Å². The van der Waals surface area contributed by atoms with Gasteiger partial charge in [0.25, 0.3) is 0 Å². The Hall–Kier alpha value is -4.55. The lowest BCUT2D eigenvalue weighted by Crippen LogP contribution is -2.29. The van der Waals surface area contributed by atoms with Gasteiger partial charge in [-0.25, -0.2) is 9.31 Å². The van der Waals surface area contributed by atoms with Gasteiger partial charge in [-0.05, 0) is 56.2 Å². The summed E-state index contributed by atoms with van der Waals surface area (Å²) in [5, 5.41) is 31.8. The summed E-state index contributed by atoms with van der Waals surface area (Å²) in [4.78, 5) is 12.3.